The zero-order valence-electron chi connectivity index (χ0n) is 12.6. The number of hydrogen-bond acceptors (Lipinski definition) is 3. The summed E-state index contributed by atoms with van der Waals surface area (Å²) in [4.78, 5) is 2.29. The van der Waals surface area contributed by atoms with Crippen molar-refractivity contribution in [2.24, 2.45) is 5.41 Å². The lowest BCUT2D eigenvalue weighted by atomic mass is 9.92. The zero-order valence-corrected chi connectivity index (χ0v) is 12.6. The van der Waals surface area contributed by atoms with Gasteiger partial charge in [-0.25, -0.2) is 0 Å². The van der Waals surface area contributed by atoms with Gasteiger partial charge in [0.25, 0.3) is 0 Å². The lowest BCUT2D eigenvalue weighted by Crippen LogP contribution is -2.39. The van der Waals surface area contributed by atoms with E-state index in [1.165, 1.54) is 12.8 Å². The number of nitrogens with zero attached hydrogens (tertiary/aromatic N) is 1. The standard InChI is InChI=1S/C16H26N2O/c1-16(2,11-17-13-9-10-13)12-18(3)14-7-5-6-8-15(14)19-4/h5-8,13,17H,9-12H2,1-4H3. The molecule has 0 aliphatic heterocycles. The molecule has 1 saturated carbocycles. The van der Waals surface area contributed by atoms with Gasteiger partial charge in [0.1, 0.15) is 5.75 Å². The molecule has 1 N–H and O–H groups in total. The van der Waals surface area contributed by atoms with Crippen molar-refractivity contribution in [3.8, 4) is 5.75 Å². The van der Waals surface area contributed by atoms with E-state index in [9.17, 15) is 0 Å². The molecular formula is C16H26N2O. The van der Waals surface area contributed by atoms with E-state index in [0.29, 0.717) is 0 Å². The smallest absolute Gasteiger partial charge is 0.142 e. The fourth-order valence-electron chi connectivity index (χ4n) is 2.44. The first-order valence-electron chi connectivity index (χ1n) is 7.09. The number of rotatable bonds is 7. The number of hydrogen-bond donors (Lipinski definition) is 1. The Morgan fingerprint density at radius 1 is 1.32 bits per heavy atom. The summed E-state index contributed by atoms with van der Waals surface area (Å²) in [5, 5.41) is 3.62. The molecule has 0 unspecified atom stereocenters. The third-order valence-electron chi connectivity index (χ3n) is 3.61. The van der Waals surface area contributed by atoms with Gasteiger partial charge in [-0.2, -0.15) is 0 Å². The number of nitrogens with one attached hydrogen (secondary N) is 1. The summed E-state index contributed by atoms with van der Waals surface area (Å²) in [6, 6.07) is 8.97. The van der Waals surface area contributed by atoms with Crippen molar-refractivity contribution in [2.75, 3.05) is 32.1 Å². The summed E-state index contributed by atoms with van der Waals surface area (Å²) in [5.74, 6) is 0.941. The molecule has 0 spiro atoms. The number of para-hydroxylation sites is 2. The molecule has 2 rings (SSSR count). The van der Waals surface area contributed by atoms with Crippen molar-refractivity contribution in [2.45, 2.75) is 32.7 Å². The first kappa shape index (κ1) is 14.2. The molecule has 0 bridgehead atoms. The van der Waals surface area contributed by atoms with Crippen molar-refractivity contribution in [1.29, 1.82) is 0 Å². The van der Waals surface area contributed by atoms with Gasteiger partial charge in [0.2, 0.25) is 0 Å². The highest BCUT2D eigenvalue weighted by atomic mass is 16.5. The lowest BCUT2D eigenvalue weighted by Gasteiger charge is -2.32. The molecule has 0 aromatic heterocycles. The second-order valence-electron chi connectivity index (χ2n) is 6.35. The molecule has 0 atom stereocenters. The van der Waals surface area contributed by atoms with Gasteiger partial charge in [-0.05, 0) is 30.4 Å². The van der Waals surface area contributed by atoms with Crippen LogP contribution in [0.1, 0.15) is 26.7 Å². The highest BCUT2D eigenvalue weighted by molar-refractivity contribution is 5.57. The first-order valence-corrected chi connectivity index (χ1v) is 7.09. The molecule has 19 heavy (non-hydrogen) atoms. The van der Waals surface area contributed by atoms with Crippen LogP contribution >= 0.6 is 0 Å². The minimum Gasteiger partial charge on any atom is -0.495 e. The van der Waals surface area contributed by atoms with Crippen LogP contribution in [0.4, 0.5) is 5.69 Å². The van der Waals surface area contributed by atoms with Gasteiger partial charge in [0, 0.05) is 26.2 Å². The highest BCUT2D eigenvalue weighted by Crippen LogP contribution is 2.29. The molecule has 3 nitrogen and oxygen atoms in total. The van der Waals surface area contributed by atoms with E-state index in [2.05, 4.69) is 43.2 Å². The Hall–Kier alpha value is -1.22. The predicted molar refractivity (Wildman–Crippen MR) is 81.1 cm³/mol. The SMILES string of the molecule is COc1ccccc1N(C)CC(C)(C)CNC1CC1. The van der Waals surface area contributed by atoms with Crippen LogP contribution in [0.5, 0.6) is 5.75 Å². The monoisotopic (exact) mass is 262 g/mol. The summed E-state index contributed by atoms with van der Waals surface area (Å²) >= 11 is 0. The van der Waals surface area contributed by atoms with Gasteiger partial charge in [0.05, 0.1) is 12.8 Å². The van der Waals surface area contributed by atoms with E-state index >= 15 is 0 Å². The van der Waals surface area contributed by atoms with Crippen LogP contribution < -0.4 is 15.0 Å². The van der Waals surface area contributed by atoms with Gasteiger partial charge in [0.15, 0.2) is 0 Å². The summed E-state index contributed by atoms with van der Waals surface area (Å²) in [7, 11) is 3.86. The first-order chi connectivity index (χ1) is 9.02. The predicted octanol–water partition coefficient (Wildman–Crippen LogP) is 2.91. The van der Waals surface area contributed by atoms with E-state index in [-0.39, 0.29) is 5.41 Å². The molecular weight excluding hydrogens is 236 g/mol. The second kappa shape index (κ2) is 5.83. The average Bonchev–Trinajstić information content (AvgIpc) is 3.20. The largest absolute Gasteiger partial charge is 0.495 e. The molecule has 0 saturated heterocycles. The topological polar surface area (TPSA) is 24.5 Å². The number of ether oxygens (including phenoxy) is 1. The molecule has 0 amide bonds. The summed E-state index contributed by atoms with van der Waals surface area (Å²) in [5.41, 5.74) is 1.41. The minimum atomic E-state index is 0.248. The molecule has 106 valence electrons. The van der Waals surface area contributed by atoms with E-state index in [1.54, 1.807) is 7.11 Å². The van der Waals surface area contributed by atoms with E-state index in [4.69, 9.17) is 4.74 Å². The Balaban J connectivity index is 1.96. The Labute approximate surface area is 116 Å². The van der Waals surface area contributed by atoms with Gasteiger partial charge < -0.3 is 15.0 Å². The molecule has 1 aromatic carbocycles. The second-order valence-corrected chi connectivity index (χ2v) is 6.35. The third-order valence-corrected chi connectivity index (χ3v) is 3.61. The van der Waals surface area contributed by atoms with Crippen LogP contribution in [0.3, 0.4) is 0 Å². The third kappa shape index (κ3) is 4.13. The fraction of sp³-hybridized carbons (Fsp3) is 0.625. The van der Waals surface area contributed by atoms with Crippen molar-refractivity contribution in [3.63, 3.8) is 0 Å². The average molecular weight is 262 g/mol. The van der Waals surface area contributed by atoms with Crippen LogP contribution in [0.15, 0.2) is 24.3 Å². The van der Waals surface area contributed by atoms with Crippen molar-refractivity contribution < 1.29 is 4.74 Å². The Morgan fingerprint density at radius 3 is 2.63 bits per heavy atom. The number of benzene rings is 1. The zero-order chi connectivity index (χ0) is 13.9. The van der Waals surface area contributed by atoms with E-state index in [0.717, 1.165) is 30.6 Å². The Kier molecular flexibility index (Phi) is 4.35. The van der Waals surface area contributed by atoms with Crippen LogP contribution in [-0.4, -0.2) is 33.3 Å². The van der Waals surface area contributed by atoms with Crippen molar-refractivity contribution >= 4 is 5.69 Å². The maximum atomic E-state index is 5.43. The molecule has 1 aliphatic rings. The van der Waals surface area contributed by atoms with Crippen LogP contribution in [0, 0.1) is 5.41 Å². The molecule has 1 aromatic rings. The van der Waals surface area contributed by atoms with E-state index < -0.39 is 0 Å². The number of methoxy groups -OCH3 is 1. The highest BCUT2D eigenvalue weighted by Gasteiger charge is 2.26. The van der Waals surface area contributed by atoms with Gasteiger partial charge in [-0.15, -0.1) is 0 Å². The molecule has 0 heterocycles. The fourth-order valence-corrected chi connectivity index (χ4v) is 2.44. The van der Waals surface area contributed by atoms with Gasteiger partial charge in [-0.1, -0.05) is 26.0 Å². The molecule has 0 radical (unpaired) electrons. The quantitative estimate of drug-likeness (QED) is 0.817. The van der Waals surface area contributed by atoms with E-state index in [1.807, 2.05) is 12.1 Å². The Bertz CT molecular complexity index is 413. The normalized spacial score (nSPS) is 15.4. The van der Waals surface area contributed by atoms with Gasteiger partial charge >= 0.3 is 0 Å². The molecule has 3 heteroatoms. The van der Waals surface area contributed by atoms with Crippen LogP contribution in [-0.2, 0) is 0 Å². The minimum absolute atomic E-state index is 0.248. The summed E-state index contributed by atoms with van der Waals surface area (Å²) < 4.78 is 5.43. The molecule has 1 aliphatic carbocycles. The van der Waals surface area contributed by atoms with Crippen LogP contribution in [0.25, 0.3) is 0 Å². The van der Waals surface area contributed by atoms with Gasteiger partial charge in [-0.3, -0.25) is 0 Å². The maximum absolute atomic E-state index is 5.43. The van der Waals surface area contributed by atoms with Crippen molar-refractivity contribution in [1.82, 2.24) is 5.32 Å². The lowest BCUT2D eigenvalue weighted by molar-refractivity contribution is 0.343. The molecule has 1 fully saturated rings. The van der Waals surface area contributed by atoms with Crippen molar-refractivity contribution in [3.05, 3.63) is 24.3 Å². The van der Waals surface area contributed by atoms with Crippen LogP contribution in [0.2, 0.25) is 0 Å². The summed E-state index contributed by atoms with van der Waals surface area (Å²) in [6.45, 7) is 6.70. The maximum Gasteiger partial charge on any atom is 0.142 e. The number of anilines is 1. The Morgan fingerprint density at radius 2 is 2.00 bits per heavy atom. The summed E-state index contributed by atoms with van der Waals surface area (Å²) in [6.07, 6.45) is 2.69.